The average Bonchev–Trinajstić information content (AvgIpc) is 1.81. The van der Waals surface area contributed by atoms with Gasteiger partial charge >= 0.3 is 0 Å². The molecule has 0 heterocycles. The smallest absolute Gasteiger partial charge is 0.233 e. The second kappa shape index (κ2) is 3.70. The van der Waals surface area contributed by atoms with Crippen LogP contribution in [-0.2, 0) is 0 Å². The summed E-state index contributed by atoms with van der Waals surface area (Å²) < 4.78 is 0. The van der Waals surface area contributed by atoms with Crippen LogP contribution in [0.5, 0.6) is 0 Å². The Morgan fingerprint density at radius 1 is 1.42 bits per heavy atom. The lowest BCUT2D eigenvalue weighted by atomic mass is 9.81. The lowest BCUT2D eigenvalue weighted by molar-refractivity contribution is -0.403. The molecule has 0 aromatic rings. The van der Waals surface area contributed by atoms with E-state index < -0.39 is 0 Å². The summed E-state index contributed by atoms with van der Waals surface area (Å²) in [5.74, 6) is 1.22. The summed E-state index contributed by atoms with van der Waals surface area (Å²) >= 11 is 0. The minimum Gasteiger partial charge on any atom is -0.259 e. The summed E-state index contributed by atoms with van der Waals surface area (Å²) in [4.78, 5) is 9.88. The highest BCUT2D eigenvalue weighted by Crippen LogP contribution is 2.31. The molecule has 0 amide bonds. The number of hydrogen-bond donors (Lipinski definition) is 0. The predicted molar refractivity (Wildman–Crippen MR) is 47.3 cm³/mol. The van der Waals surface area contributed by atoms with Gasteiger partial charge < -0.3 is 0 Å². The number of nitrogens with zero attached hydrogens (tertiary/aromatic N) is 1. The average molecular weight is 169 g/mol. The highest BCUT2D eigenvalue weighted by Gasteiger charge is 2.20. The van der Waals surface area contributed by atoms with Crippen molar-refractivity contribution in [3.8, 4) is 0 Å². The van der Waals surface area contributed by atoms with Crippen LogP contribution in [0.25, 0.3) is 0 Å². The van der Waals surface area contributed by atoms with Crippen LogP contribution in [0.1, 0.15) is 33.1 Å². The largest absolute Gasteiger partial charge is 0.259 e. The van der Waals surface area contributed by atoms with E-state index in [-0.39, 0.29) is 4.92 Å². The van der Waals surface area contributed by atoms with Gasteiger partial charge in [-0.2, -0.15) is 0 Å². The lowest BCUT2D eigenvalue weighted by Crippen LogP contribution is -2.13. The Kier molecular flexibility index (Phi) is 2.84. The maximum absolute atomic E-state index is 10.2. The molecule has 0 N–H and O–H groups in total. The Bertz CT molecular complexity index is 199. The molecule has 0 aliphatic heterocycles. The fraction of sp³-hybridized carbons (Fsp3) is 0.778. The molecular weight excluding hydrogens is 154 g/mol. The number of allylic oxidation sites excluding steroid dienone is 1. The van der Waals surface area contributed by atoms with Gasteiger partial charge in [-0.15, -0.1) is 0 Å². The molecule has 0 bridgehead atoms. The molecule has 2 atom stereocenters. The van der Waals surface area contributed by atoms with Crippen LogP contribution in [0.15, 0.2) is 11.8 Å². The van der Waals surface area contributed by atoms with E-state index in [0.29, 0.717) is 11.8 Å². The standard InChI is InChI=1S/C9H15NO2/c1-7-3-8(2)5-9(4-7)6-10(11)12/h6-8H,3-5H2,1-2H3. The summed E-state index contributed by atoms with van der Waals surface area (Å²) in [5, 5.41) is 10.2. The molecule has 0 spiro atoms. The Morgan fingerprint density at radius 2 is 1.92 bits per heavy atom. The van der Waals surface area contributed by atoms with E-state index in [1.54, 1.807) is 0 Å². The Morgan fingerprint density at radius 3 is 2.33 bits per heavy atom. The highest BCUT2D eigenvalue weighted by molar-refractivity contribution is 5.03. The molecule has 1 fully saturated rings. The van der Waals surface area contributed by atoms with Crippen LogP contribution < -0.4 is 0 Å². The van der Waals surface area contributed by atoms with E-state index in [1.165, 1.54) is 12.6 Å². The van der Waals surface area contributed by atoms with Crippen LogP contribution in [-0.4, -0.2) is 4.92 Å². The van der Waals surface area contributed by atoms with Gasteiger partial charge in [-0.05, 0) is 31.1 Å². The number of rotatable bonds is 1. The molecule has 0 aromatic carbocycles. The van der Waals surface area contributed by atoms with Gasteiger partial charge in [0.05, 0.1) is 4.92 Å². The first kappa shape index (κ1) is 9.23. The zero-order valence-electron chi connectivity index (χ0n) is 7.62. The topological polar surface area (TPSA) is 43.1 Å². The molecule has 3 heteroatoms. The molecule has 12 heavy (non-hydrogen) atoms. The van der Waals surface area contributed by atoms with Crippen molar-refractivity contribution >= 4 is 0 Å². The van der Waals surface area contributed by atoms with Crippen LogP contribution in [0.4, 0.5) is 0 Å². The van der Waals surface area contributed by atoms with Crippen molar-refractivity contribution in [3.05, 3.63) is 21.9 Å². The Hall–Kier alpha value is -0.860. The molecule has 1 aliphatic carbocycles. The van der Waals surface area contributed by atoms with Gasteiger partial charge in [0.2, 0.25) is 6.20 Å². The number of hydrogen-bond acceptors (Lipinski definition) is 2. The summed E-state index contributed by atoms with van der Waals surface area (Å²) in [6, 6.07) is 0. The van der Waals surface area contributed by atoms with Crippen molar-refractivity contribution < 1.29 is 4.92 Å². The van der Waals surface area contributed by atoms with Gasteiger partial charge in [0.25, 0.3) is 0 Å². The monoisotopic (exact) mass is 169 g/mol. The first-order valence-corrected chi connectivity index (χ1v) is 4.41. The van der Waals surface area contributed by atoms with Crippen LogP contribution in [0.3, 0.4) is 0 Å². The fourth-order valence-corrected chi connectivity index (χ4v) is 2.09. The molecule has 1 rings (SSSR count). The summed E-state index contributed by atoms with van der Waals surface area (Å²) in [6.45, 7) is 4.31. The number of nitro groups is 1. The zero-order valence-corrected chi connectivity index (χ0v) is 7.62. The van der Waals surface area contributed by atoms with Crippen molar-refractivity contribution in [1.29, 1.82) is 0 Å². The molecular formula is C9H15NO2. The Balaban J connectivity index is 2.61. The normalized spacial score (nSPS) is 30.0. The molecule has 2 unspecified atom stereocenters. The van der Waals surface area contributed by atoms with Crippen LogP contribution >= 0.6 is 0 Å². The van der Waals surface area contributed by atoms with Gasteiger partial charge in [-0.25, -0.2) is 0 Å². The fourth-order valence-electron chi connectivity index (χ4n) is 2.09. The molecule has 0 aromatic heterocycles. The lowest BCUT2D eigenvalue weighted by Gasteiger charge is -2.24. The summed E-state index contributed by atoms with van der Waals surface area (Å²) in [6.07, 6.45) is 4.21. The molecule has 0 saturated heterocycles. The third-order valence-electron chi connectivity index (χ3n) is 2.31. The van der Waals surface area contributed by atoms with E-state index >= 15 is 0 Å². The molecule has 68 valence electrons. The summed E-state index contributed by atoms with van der Waals surface area (Å²) in [5.41, 5.74) is 1.01. The third-order valence-corrected chi connectivity index (χ3v) is 2.31. The molecule has 1 aliphatic rings. The van der Waals surface area contributed by atoms with Gasteiger partial charge in [0.1, 0.15) is 0 Å². The van der Waals surface area contributed by atoms with Crippen molar-refractivity contribution in [2.75, 3.05) is 0 Å². The van der Waals surface area contributed by atoms with Gasteiger partial charge in [0.15, 0.2) is 0 Å². The van der Waals surface area contributed by atoms with E-state index in [9.17, 15) is 10.1 Å². The Labute approximate surface area is 72.6 Å². The van der Waals surface area contributed by atoms with Crippen molar-refractivity contribution in [2.45, 2.75) is 33.1 Å². The van der Waals surface area contributed by atoms with E-state index in [2.05, 4.69) is 13.8 Å². The molecule has 1 saturated carbocycles. The van der Waals surface area contributed by atoms with Crippen molar-refractivity contribution in [1.82, 2.24) is 0 Å². The maximum Gasteiger partial charge on any atom is 0.233 e. The maximum atomic E-state index is 10.2. The van der Waals surface area contributed by atoms with Crippen molar-refractivity contribution in [2.24, 2.45) is 11.8 Å². The minimum absolute atomic E-state index is 0.333. The van der Waals surface area contributed by atoms with Crippen molar-refractivity contribution in [3.63, 3.8) is 0 Å². The molecule has 0 radical (unpaired) electrons. The first-order chi connectivity index (χ1) is 5.58. The highest BCUT2D eigenvalue weighted by atomic mass is 16.6. The zero-order chi connectivity index (χ0) is 9.14. The van der Waals surface area contributed by atoms with Gasteiger partial charge in [-0.1, -0.05) is 13.8 Å². The second-order valence-corrected chi connectivity index (χ2v) is 3.93. The van der Waals surface area contributed by atoms with E-state index in [1.807, 2.05) is 0 Å². The van der Waals surface area contributed by atoms with Gasteiger partial charge in [0, 0.05) is 5.57 Å². The summed E-state index contributed by atoms with van der Waals surface area (Å²) in [7, 11) is 0. The first-order valence-electron chi connectivity index (χ1n) is 4.41. The third kappa shape index (κ3) is 2.64. The quantitative estimate of drug-likeness (QED) is 0.447. The van der Waals surface area contributed by atoms with E-state index in [0.717, 1.165) is 18.4 Å². The second-order valence-electron chi connectivity index (χ2n) is 3.93. The minimum atomic E-state index is -0.333. The SMILES string of the molecule is CC1CC(=C[N+](=O)[O-])CC(C)C1. The van der Waals surface area contributed by atoms with E-state index in [4.69, 9.17) is 0 Å². The van der Waals surface area contributed by atoms with Crippen LogP contribution in [0.2, 0.25) is 0 Å². The predicted octanol–water partition coefficient (Wildman–Crippen LogP) is 2.60. The van der Waals surface area contributed by atoms with Crippen LogP contribution in [0, 0.1) is 22.0 Å². The molecule has 3 nitrogen and oxygen atoms in total. The van der Waals surface area contributed by atoms with Gasteiger partial charge in [-0.3, -0.25) is 10.1 Å².